The normalized spacial score (nSPS) is 10.7. The van der Waals surface area contributed by atoms with E-state index in [-0.39, 0.29) is 0 Å². The van der Waals surface area contributed by atoms with Crippen LogP contribution in [0.2, 0.25) is 0 Å². The van der Waals surface area contributed by atoms with Crippen LogP contribution in [0, 0.1) is 0 Å². The topological polar surface area (TPSA) is 66.0 Å². The van der Waals surface area contributed by atoms with Gasteiger partial charge in [0.05, 0.1) is 18.0 Å². The summed E-state index contributed by atoms with van der Waals surface area (Å²) in [5.74, 6) is 0. The first-order valence-electron chi connectivity index (χ1n) is 4.36. The first kappa shape index (κ1) is 10.1. The van der Waals surface area contributed by atoms with Gasteiger partial charge in [0.25, 0.3) is 0 Å². The highest BCUT2D eigenvalue weighted by Gasteiger charge is 2.08. The van der Waals surface area contributed by atoms with Crippen LogP contribution in [0.1, 0.15) is 11.4 Å². The maximum Gasteiger partial charge on any atom is 0.0872 e. The second kappa shape index (κ2) is 4.94. The van der Waals surface area contributed by atoms with Crippen molar-refractivity contribution < 1.29 is 4.74 Å². The quantitative estimate of drug-likeness (QED) is 0.670. The number of hydrogen-bond donors (Lipinski definition) is 1. The van der Waals surface area contributed by atoms with E-state index in [1.807, 2.05) is 7.05 Å². The van der Waals surface area contributed by atoms with Crippen molar-refractivity contribution in [1.29, 1.82) is 0 Å². The lowest BCUT2D eigenvalue weighted by atomic mass is 10.2. The predicted molar refractivity (Wildman–Crippen MR) is 49.3 cm³/mol. The van der Waals surface area contributed by atoms with Crippen LogP contribution in [0.25, 0.3) is 0 Å². The SMILES string of the molecule is COCCc1c(CCN)nnn1C. The van der Waals surface area contributed by atoms with Crippen molar-refractivity contribution in [3.63, 3.8) is 0 Å². The summed E-state index contributed by atoms with van der Waals surface area (Å²) in [6.07, 6.45) is 1.63. The average Bonchev–Trinajstić information content (AvgIpc) is 2.45. The summed E-state index contributed by atoms with van der Waals surface area (Å²) in [5.41, 5.74) is 7.56. The fourth-order valence-electron chi connectivity index (χ4n) is 1.26. The van der Waals surface area contributed by atoms with Gasteiger partial charge in [-0.1, -0.05) is 5.21 Å². The molecule has 0 aliphatic rings. The standard InChI is InChI=1S/C8H16N4O/c1-12-8(4-6-13-2)7(3-5-9)10-11-12/h3-6,9H2,1-2H3. The average molecular weight is 184 g/mol. The molecule has 0 spiro atoms. The van der Waals surface area contributed by atoms with Crippen LogP contribution in [0.15, 0.2) is 0 Å². The zero-order valence-electron chi connectivity index (χ0n) is 8.16. The van der Waals surface area contributed by atoms with Gasteiger partial charge in [0.2, 0.25) is 0 Å². The van der Waals surface area contributed by atoms with E-state index >= 15 is 0 Å². The lowest BCUT2D eigenvalue weighted by Gasteiger charge is -2.02. The van der Waals surface area contributed by atoms with Gasteiger partial charge in [-0.25, -0.2) is 0 Å². The van der Waals surface area contributed by atoms with E-state index in [0.717, 1.165) is 24.2 Å². The highest BCUT2D eigenvalue weighted by molar-refractivity contribution is 5.10. The van der Waals surface area contributed by atoms with Crippen LogP contribution in [-0.4, -0.2) is 35.3 Å². The van der Waals surface area contributed by atoms with Crippen molar-refractivity contribution in [2.24, 2.45) is 12.8 Å². The molecule has 0 radical (unpaired) electrons. The molecule has 0 atom stereocenters. The van der Waals surface area contributed by atoms with Gasteiger partial charge < -0.3 is 10.5 Å². The fourth-order valence-corrected chi connectivity index (χ4v) is 1.26. The largest absolute Gasteiger partial charge is 0.384 e. The van der Waals surface area contributed by atoms with Crippen molar-refractivity contribution in [1.82, 2.24) is 15.0 Å². The molecular formula is C8H16N4O. The summed E-state index contributed by atoms with van der Waals surface area (Å²) in [6.45, 7) is 1.30. The first-order chi connectivity index (χ1) is 6.29. The van der Waals surface area contributed by atoms with Crippen LogP contribution < -0.4 is 5.73 Å². The van der Waals surface area contributed by atoms with Crippen molar-refractivity contribution in [2.45, 2.75) is 12.8 Å². The van der Waals surface area contributed by atoms with Gasteiger partial charge in [0.1, 0.15) is 0 Å². The Morgan fingerprint density at radius 1 is 1.46 bits per heavy atom. The Morgan fingerprint density at radius 2 is 2.23 bits per heavy atom. The number of aryl methyl sites for hydroxylation is 1. The Morgan fingerprint density at radius 3 is 2.85 bits per heavy atom. The van der Waals surface area contributed by atoms with E-state index in [2.05, 4.69) is 10.3 Å². The minimum atomic E-state index is 0.610. The minimum Gasteiger partial charge on any atom is -0.384 e. The Balaban J connectivity index is 2.69. The molecule has 0 saturated heterocycles. The highest BCUT2D eigenvalue weighted by Crippen LogP contribution is 2.05. The molecule has 13 heavy (non-hydrogen) atoms. The Kier molecular flexibility index (Phi) is 3.85. The van der Waals surface area contributed by atoms with Gasteiger partial charge in [-0.2, -0.15) is 0 Å². The minimum absolute atomic E-state index is 0.610. The molecule has 2 N–H and O–H groups in total. The lowest BCUT2D eigenvalue weighted by molar-refractivity contribution is 0.200. The molecule has 0 bridgehead atoms. The highest BCUT2D eigenvalue weighted by atomic mass is 16.5. The second-order valence-corrected chi connectivity index (χ2v) is 2.89. The second-order valence-electron chi connectivity index (χ2n) is 2.89. The molecule has 1 rings (SSSR count). The van der Waals surface area contributed by atoms with E-state index in [9.17, 15) is 0 Å². The summed E-state index contributed by atoms with van der Waals surface area (Å²) in [6, 6.07) is 0. The van der Waals surface area contributed by atoms with Crippen LogP contribution in [-0.2, 0) is 24.6 Å². The van der Waals surface area contributed by atoms with Crippen molar-refractivity contribution in [3.05, 3.63) is 11.4 Å². The molecule has 0 fully saturated rings. The van der Waals surface area contributed by atoms with E-state index in [1.165, 1.54) is 0 Å². The number of methoxy groups -OCH3 is 1. The third kappa shape index (κ3) is 2.50. The number of rotatable bonds is 5. The van der Waals surface area contributed by atoms with E-state index in [0.29, 0.717) is 13.2 Å². The molecule has 5 nitrogen and oxygen atoms in total. The van der Waals surface area contributed by atoms with Crippen LogP contribution in [0.5, 0.6) is 0 Å². The van der Waals surface area contributed by atoms with Gasteiger partial charge in [-0.15, -0.1) is 5.10 Å². The number of aromatic nitrogens is 3. The van der Waals surface area contributed by atoms with Crippen LogP contribution in [0.4, 0.5) is 0 Å². The molecule has 0 aromatic carbocycles. The zero-order valence-corrected chi connectivity index (χ0v) is 8.16. The predicted octanol–water partition coefficient (Wildman–Crippen LogP) is -0.495. The van der Waals surface area contributed by atoms with Gasteiger partial charge in [0, 0.05) is 27.0 Å². The van der Waals surface area contributed by atoms with Crippen molar-refractivity contribution in [3.8, 4) is 0 Å². The maximum atomic E-state index is 5.46. The Labute approximate surface area is 77.9 Å². The molecule has 0 saturated carbocycles. The number of ether oxygens (including phenoxy) is 1. The van der Waals surface area contributed by atoms with E-state index < -0.39 is 0 Å². The van der Waals surface area contributed by atoms with Gasteiger partial charge >= 0.3 is 0 Å². The first-order valence-corrected chi connectivity index (χ1v) is 4.36. The Hall–Kier alpha value is -0.940. The van der Waals surface area contributed by atoms with Gasteiger partial charge in [-0.3, -0.25) is 4.68 Å². The lowest BCUT2D eigenvalue weighted by Crippen LogP contribution is -2.08. The summed E-state index contributed by atoms with van der Waals surface area (Å²) in [5, 5.41) is 7.98. The number of nitrogens with two attached hydrogens (primary N) is 1. The molecule has 0 amide bonds. The molecule has 0 aliphatic carbocycles. The number of hydrogen-bond acceptors (Lipinski definition) is 4. The fraction of sp³-hybridized carbons (Fsp3) is 0.750. The summed E-state index contributed by atoms with van der Waals surface area (Å²) >= 11 is 0. The van der Waals surface area contributed by atoms with Gasteiger partial charge in [-0.05, 0) is 6.54 Å². The van der Waals surface area contributed by atoms with Crippen molar-refractivity contribution in [2.75, 3.05) is 20.3 Å². The van der Waals surface area contributed by atoms with Crippen LogP contribution in [0.3, 0.4) is 0 Å². The zero-order chi connectivity index (χ0) is 9.68. The molecule has 1 aromatic rings. The maximum absolute atomic E-state index is 5.46. The third-order valence-electron chi connectivity index (χ3n) is 1.95. The van der Waals surface area contributed by atoms with E-state index in [1.54, 1.807) is 11.8 Å². The van der Waals surface area contributed by atoms with Gasteiger partial charge in [0.15, 0.2) is 0 Å². The molecule has 1 heterocycles. The van der Waals surface area contributed by atoms with Crippen molar-refractivity contribution >= 4 is 0 Å². The van der Waals surface area contributed by atoms with Crippen LogP contribution >= 0.6 is 0 Å². The smallest absolute Gasteiger partial charge is 0.0872 e. The third-order valence-corrected chi connectivity index (χ3v) is 1.95. The Bertz CT molecular complexity index is 259. The summed E-state index contributed by atoms with van der Waals surface area (Å²) in [7, 11) is 3.57. The molecule has 0 aliphatic heterocycles. The molecule has 1 aromatic heterocycles. The molecule has 74 valence electrons. The summed E-state index contributed by atoms with van der Waals surface area (Å²) in [4.78, 5) is 0. The monoisotopic (exact) mass is 184 g/mol. The molecule has 0 unspecified atom stereocenters. The molecule has 5 heteroatoms. The molecular weight excluding hydrogens is 168 g/mol. The number of nitrogens with zero attached hydrogens (tertiary/aromatic N) is 3. The summed E-state index contributed by atoms with van der Waals surface area (Å²) < 4.78 is 6.78. The van der Waals surface area contributed by atoms with E-state index in [4.69, 9.17) is 10.5 Å².